The van der Waals surface area contributed by atoms with Crippen LogP contribution in [0.15, 0.2) is 60.9 Å². The van der Waals surface area contributed by atoms with Gasteiger partial charge in [0, 0.05) is 19.5 Å². The minimum absolute atomic E-state index is 0.0608. The van der Waals surface area contributed by atoms with Crippen molar-refractivity contribution in [3.63, 3.8) is 0 Å². The number of hydrogen-bond donors (Lipinski definition) is 0. The molecule has 1 atom stereocenters. The third kappa shape index (κ3) is 3.28. The molecule has 0 bridgehead atoms. The van der Waals surface area contributed by atoms with Gasteiger partial charge in [-0.1, -0.05) is 54.6 Å². The van der Waals surface area contributed by atoms with Crippen LogP contribution in [-0.2, 0) is 24.2 Å². The van der Waals surface area contributed by atoms with Crippen molar-refractivity contribution < 1.29 is 4.79 Å². The lowest BCUT2D eigenvalue weighted by atomic mass is 9.98. The fraction of sp³-hybridized carbons (Fsp3) is 0.263. The molecule has 6 nitrogen and oxygen atoms in total. The second-order valence-electron chi connectivity index (χ2n) is 6.27. The number of nitrogens with zero attached hydrogens (tertiary/aromatic N) is 5. The van der Waals surface area contributed by atoms with E-state index in [1.165, 1.54) is 17.5 Å². The van der Waals surface area contributed by atoms with Crippen molar-refractivity contribution in [2.45, 2.75) is 25.4 Å². The third-order valence-electron chi connectivity index (χ3n) is 4.68. The number of hydrogen-bond acceptors (Lipinski definition) is 4. The molecule has 0 unspecified atom stereocenters. The highest BCUT2D eigenvalue weighted by Crippen LogP contribution is 2.23. The summed E-state index contributed by atoms with van der Waals surface area (Å²) in [7, 11) is 0. The predicted molar refractivity (Wildman–Crippen MR) is 92.6 cm³/mol. The van der Waals surface area contributed by atoms with E-state index in [-0.39, 0.29) is 5.91 Å². The first-order valence-corrected chi connectivity index (χ1v) is 8.43. The fourth-order valence-electron chi connectivity index (χ4n) is 3.34. The topological polar surface area (TPSA) is 63.9 Å². The molecule has 0 N–H and O–H groups in total. The molecule has 0 radical (unpaired) electrons. The summed E-state index contributed by atoms with van der Waals surface area (Å²) in [5.41, 5.74) is 3.64. The Morgan fingerprint density at radius 1 is 1.04 bits per heavy atom. The summed E-state index contributed by atoms with van der Waals surface area (Å²) in [6.45, 7) is 1.37. The molecule has 6 heteroatoms. The molecule has 4 rings (SSSR count). The molecule has 0 fully saturated rings. The van der Waals surface area contributed by atoms with Crippen LogP contribution in [0.5, 0.6) is 0 Å². The predicted octanol–water partition coefficient (Wildman–Crippen LogP) is 2.04. The Morgan fingerprint density at radius 2 is 1.80 bits per heavy atom. The molecule has 1 aliphatic heterocycles. The van der Waals surface area contributed by atoms with E-state index in [4.69, 9.17) is 0 Å². The van der Waals surface area contributed by atoms with Crippen molar-refractivity contribution >= 4 is 5.91 Å². The van der Waals surface area contributed by atoms with Gasteiger partial charge in [0.05, 0.1) is 0 Å². The summed E-state index contributed by atoms with van der Waals surface area (Å²) in [4.78, 5) is 15.1. The summed E-state index contributed by atoms with van der Waals surface area (Å²) in [5.74, 6) is 0.0608. The van der Waals surface area contributed by atoms with Gasteiger partial charge < -0.3 is 4.90 Å². The molecule has 1 aliphatic rings. The number of amides is 1. The van der Waals surface area contributed by atoms with Crippen molar-refractivity contribution in [2.75, 3.05) is 6.54 Å². The molecule has 0 saturated heterocycles. The van der Waals surface area contributed by atoms with E-state index in [1.807, 2.05) is 41.3 Å². The van der Waals surface area contributed by atoms with Gasteiger partial charge in [-0.15, -0.1) is 5.10 Å². The smallest absolute Gasteiger partial charge is 0.248 e. The van der Waals surface area contributed by atoms with Gasteiger partial charge in [0.15, 0.2) is 0 Å². The van der Waals surface area contributed by atoms with E-state index in [0.29, 0.717) is 13.0 Å². The van der Waals surface area contributed by atoms with Crippen LogP contribution in [0.2, 0.25) is 0 Å². The maximum Gasteiger partial charge on any atom is 0.248 e. The molecular weight excluding hydrogens is 314 g/mol. The lowest BCUT2D eigenvalue weighted by molar-refractivity contribution is -0.136. The van der Waals surface area contributed by atoms with Gasteiger partial charge in [0.25, 0.3) is 0 Å². The maximum atomic E-state index is 13.2. The van der Waals surface area contributed by atoms with Crippen molar-refractivity contribution in [2.24, 2.45) is 0 Å². The summed E-state index contributed by atoms with van der Waals surface area (Å²) in [5, 5.41) is 11.4. The van der Waals surface area contributed by atoms with Crippen molar-refractivity contribution in [3.8, 4) is 0 Å². The zero-order valence-electron chi connectivity index (χ0n) is 13.8. The zero-order chi connectivity index (χ0) is 17.1. The Labute approximate surface area is 146 Å². The first-order chi connectivity index (χ1) is 12.3. The van der Waals surface area contributed by atoms with Gasteiger partial charge in [0.1, 0.15) is 12.4 Å². The molecule has 0 spiro atoms. The highest BCUT2D eigenvalue weighted by Gasteiger charge is 2.29. The van der Waals surface area contributed by atoms with Crippen molar-refractivity contribution in [1.82, 2.24) is 25.1 Å². The van der Waals surface area contributed by atoms with Crippen LogP contribution in [0.25, 0.3) is 0 Å². The van der Waals surface area contributed by atoms with E-state index < -0.39 is 6.04 Å². The molecule has 2 heterocycles. The lowest BCUT2D eigenvalue weighted by Crippen LogP contribution is -2.41. The van der Waals surface area contributed by atoms with Crippen LogP contribution in [0.4, 0.5) is 0 Å². The minimum atomic E-state index is -0.428. The van der Waals surface area contributed by atoms with E-state index in [1.54, 1.807) is 4.68 Å². The summed E-state index contributed by atoms with van der Waals surface area (Å²) < 4.78 is 1.57. The minimum Gasteiger partial charge on any atom is -0.336 e. The molecule has 0 saturated carbocycles. The second kappa shape index (κ2) is 6.84. The van der Waals surface area contributed by atoms with E-state index in [2.05, 4.69) is 33.7 Å². The molecule has 2 aromatic carbocycles. The SMILES string of the molecule is O=C([C@H](Cc1ccccc1)n1cnnn1)N1CCc2ccccc2C1. The molecule has 1 aromatic heterocycles. The number of fused-ring (bicyclic) bond motifs is 1. The monoisotopic (exact) mass is 333 g/mol. The standard InChI is InChI=1S/C19H19N5O/c25-19(23-11-10-16-8-4-5-9-17(16)13-23)18(24-14-20-21-22-24)12-15-6-2-1-3-7-15/h1-9,14,18H,10-13H2/t18-/m0/s1. The zero-order valence-corrected chi connectivity index (χ0v) is 13.8. The fourth-order valence-corrected chi connectivity index (χ4v) is 3.34. The van der Waals surface area contributed by atoms with Crippen molar-refractivity contribution in [3.05, 3.63) is 77.6 Å². The van der Waals surface area contributed by atoms with Crippen LogP contribution < -0.4 is 0 Å². The van der Waals surface area contributed by atoms with Gasteiger partial charge in [-0.25, -0.2) is 4.68 Å². The number of rotatable bonds is 4. The normalized spacial score (nSPS) is 14.8. The number of carbonyl (C=O) groups is 1. The van der Waals surface area contributed by atoms with Crippen molar-refractivity contribution in [1.29, 1.82) is 0 Å². The summed E-state index contributed by atoms with van der Waals surface area (Å²) in [6.07, 6.45) is 2.97. The quantitative estimate of drug-likeness (QED) is 0.733. The second-order valence-corrected chi connectivity index (χ2v) is 6.27. The first kappa shape index (κ1) is 15.5. The summed E-state index contributed by atoms with van der Waals surface area (Å²) in [6, 6.07) is 17.9. The number of aromatic nitrogens is 4. The first-order valence-electron chi connectivity index (χ1n) is 8.43. The molecule has 1 amide bonds. The molecular formula is C19H19N5O. The maximum absolute atomic E-state index is 13.2. The number of tetrazole rings is 1. The number of benzene rings is 2. The molecule has 126 valence electrons. The lowest BCUT2D eigenvalue weighted by Gasteiger charge is -2.31. The Balaban J connectivity index is 1.58. The average Bonchev–Trinajstić information content (AvgIpc) is 3.20. The Morgan fingerprint density at radius 3 is 2.56 bits per heavy atom. The van der Waals surface area contributed by atoms with Crippen LogP contribution in [0.1, 0.15) is 22.7 Å². The van der Waals surface area contributed by atoms with Crippen LogP contribution >= 0.6 is 0 Å². The third-order valence-corrected chi connectivity index (χ3v) is 4.68. The molecule has 25 heavy (non-hydrogen) atoms. The van der Waals surface area contributed by atoms with Gasteiger partial charge in [0.2, 0.25) is 5.91 Å². The number of carbonyl (C=O) groups excluding carboxylic acids is 1. The summed E-state index contributed by atoms with van der Waals surface area (Å²) >= 11 is 0. The largest absolute Gasteiger partial charge is 0.336 e. The Bertz CT molecular complexity index is 847. The van der Waals surface area contributed by atoms with E-state index >= 15 is 0 Å². The Kier molecular flexibility index (Phi) is 4.24. The highest BCUT2D eigenvalue weighted by atomic mass is 16.2. The van der Waals surface area contributed by atoms with Gasteiger partial charge in [-0.2, -0.15) is 0 Å². The Hall–Kier alpha value is -3.02. The van der Waals surface area contributed by atoms with Gasteiger partial charge >= 0.3 is 0 Å². The van der Waals surface area contributed by atoms with Crippen LogP contribution in [0.3, 0.4) is 0 Å². The highest BCUT2D eigenvalue weighted by molar-refractivity contribution is 5.81. The van der Waals surface area contributed by atoms with Gasteiger partial charge in [-0.3, -0.25) is 4.79 Å². The van der Waals surface area contributed by atoms with E-state index in [9.17, 15) is 4.79 Å². The van der Waals surface area contributed by atoms with Crippen LogP contribution in [0, 0.1) is 0 Å². The van der Waals surface area contributed by atoms with Gasteiger partial charge in [-0.05, 0) is 33.5 Å². The molecule has 3 aromatic rings. The average molecular weight is 333 g/mol. The van der Waals surface area contributed by atoms with Crippen LogP contribution in [-0.4, -0.2) is 37.6 Å². The molecule has 0 aliphatic carbocycles. The van der Waals surface area contributed by atoms with E-state index in [0.717, 1.165) is 18.5 Å².